The Morgan fingerprint density at radius 1 is 1.22 bits per heavy atom. The molecule has 0 bridgehead atoms. The summed E-state index contributed by atoms with van der Waals surface area (Å²) in [4.78, 5) is 10.7. The summed E-state index contributed by atoms with van der Waals surface area (Å²) in [7, 11) is 1.48. The van der Waals surface area contributed by atoms with Crippen LogP contribution in [0.5, 0.6) is 5.75 Å². The minimum Gasteiger partial charge on any atom is -0.497 e. The molecule has 0 aliphatic rings. The van der Waals surface area contributed by atoms with Crippen LogP contribution in [0.1, 0.15) is 10.4 Å². The summed E-state index contributed by atoms with van der Waals surface area (Å²) < 4.78 is 18.8. The molecule has 0 aliphatic heterocycles. The molecule has 0 atom stereocenters. The van der Waals surface area contributed by atoms with Crippen molar-refractivity contribution >= 4 is 17.9 Å². The minimum absolute atomic E-state index is 0.303. The van der Waals surface area contributed by atoms with E-state index in [0.29, 0.717) is 33.7 Å². The van der Waals surface area contributed by atoms with Gasteiger partial charge in [-0.05, 0) is 29.8 Å². The molecule has 2 rings (SSSR count). The van der Waals surface area contributed by atoms with Crippen LogP contribution in [-0.4, -0.2) is 13.4 Å². The highest BCUT2D eigenvalue weighted by Gasteiger charge is 2.08. The van der Waals surface area contributed by atoms with Crippen LogP contribution in [0.3, 0.4) is 0 Å². The van der Waals surface area contributed by atoms with Crippen molar-refractivity contribution < 1.29 is 13.9 Å². The maximum Gasteiger partial charge on any atom is 0.151 e. The van der Waals surface area contributed by atoms with Crippen molar-refractivity contribution in [1.82, 2.24) is 0 Å². The maximum atomic E-state index is 13.8. The maximum absolute atomic E-state index is 13.8. The van der Waals surface area contributed by atoms with Gasteiger partial charge in [0.25, 0.3) is 0 Å². The first-order valence-corrected chi connectivity index (χ1v) is 5.62. The molecule has 0 heterocycles. The fourth-order valence-electron chi connectivity index (χ4n) is 1.65. The summed E-state index contributed by atoms with van der Waals surface area (Å²) in [5, 5.41) is 0.303. The molecule has 2 aromatic rings. The first-order valence-electron chi connectivity index (χ1n) is 5.24. The first-order chi connectivity index (χ1) is 8.65. The number of rotatable bonds is 3. The molecule has 0 saturated heterocycles. The number of carbonyl (C=O) groups is 1. The Hall–Kier alpha value is -1.87. The number of methoxy groups -OCH3 is 1. The number of aldehydes is 1. The largest absolute Gasteiger partial charge is 0.497 e. The summed E-state index contributed by atoms with van der Waals surface area (Å²) in [5.74, 6) is 0.0520. The van der Waals surface area contributed by atoms with Crippen LogP contribution in [0.25, 0.3) is 11.1 Å². The predicted octanol–water partition coefficient (Wildman–Crippen LogP) is 3.97. The molecule has 18 heavy (non-hydrogen) atoms. The molecule has 0 N–H and O–H groups in total. The number of ether oxygens (including phenoxy) is 1. The molecule has 0 amide bonds. The smallest absolute Gasteiger partial charge is 0.151 e. The molecule has 0 aliphatic carbocycles. The van der Waals surface area contributed by atoms with E-state index in [9.17, 15) is 9.18 Å². The fraction of sp³-hybridized carbons (Fsp3) is 0.0714. The van der Waals surface area contributed by atoms with Gasteiger partial charge in [0.05, 0.1) is 12.1 Å². The Balaban J connectivity index is 2.48. The molecule has 92 valence electrons. The number of carbonyl (C=O) groups excluding carboxylic acids is 1. The summed E-state index contributed by atoms with van der Waals surface area (Å²) >= 11 is 5.91. The first kappa shape index (κ1) is 12.6. The topological polar surface area (TPSA) is 26.3 Å². The highest BCUT2D eigenvalue weighted by Crippen LogP contribution is 2.29. The lowest BCUT2D eigenvalue weighted by Gasteiger charge is -2.07. The second kappa shape index (κ2) is 5.19. The van der Waals surface area contributed by atoms with Crippen molar-refractivity contribution in [1.29, 1.82) is 0 Å². The van der Waals surface area contributed by atoms with Gasteiger partial charge in [-0.3, -0.25) is 4.79 Å². The van der Waals surface area contributed by atoms with Gasteiger partial charge in [-0.15, -0.1) is 0 Å². The van der Waals surface area contributed by atoms with Gasteiger partial charge in [-0.25, -0.2) is 4.39 Å². The normalized spacial score (nSPS) is 10.2. The van der Waals surface area contributed by atoms with Crippen LogP contribution in [0.15, 0.2) is 36.4 Å². The zero-order valence-electron chi connectivity index (χ0n) is 9.61. The molecule has 2 nitrogen and oxygen atoms in total. The SMILES string of the molecule is COc1ccc(-c2ccc(C=O)c(Cl)c2)c(F)c1. The lowest BCUT2D eigenvalue weighted by molar-refractivity contribution is 0.112. The highest BCUT2D eigenvalue weighted by atomic mass is 35.5. The van der Waals surface area contributed by atoms with Gasteiger partial charge in [0.15, 0.2) is 6.29 Å². The van der Waals surface area contributed by atoms with E-state index in [4.69, 9.17) is 16.3 Å². The van der Waals surface area contributed by atoms with Gasteiger partial charge in [0.1, 0.15) is 11.6 Å². The Kier molecular flexibility index (Phi) is 3.63. The Morgan fingerprint density at radius 2 is 2.00 bits per heavy atom. The summed E-state index contributed by atoms with van der Waals surface area (Å²) in [5.41, 5.74) is 1.41. The van der Waals surface area contributed by atoms with Gasteiger partial charge < -0.3 is 4.74 Å². The number of halogens is 2. The van der Waals surface area contributed by atoms with Gasteiger partial charge in [-0.1, -0.05) is 17.7 Å². The van der Waals surface area contributed by atoms with Crippen LogP contribution >= 0.6 is 11.6 Å². The van der Waals surface area contributed by atoms with E-state index >= 15 is 0 Å². The Bertz CT molecular complexity index is 596. The molecule has 0 unspecified atom stereocenters. The van der Waals surface area contributed by atoms with E-state index in [-0.39, 0.29) is 0 Å². The quantitative estimate of drug-likeness (QED) is 0.784. The average Bonchev–Trinajstić information content (AvgIpc) is 2.38. The highest BCUT2D eigenvalue weighted by molar-refractivity contribution is 6.33. The molecule has 0 aromatic heterocycles. The Morgan fingerprint density at radius 3 is 2.56 bits per heavy atom. The van der Waals surface area contributed by atoms with Crippen molar-refractivity contribution in [3.05, 3.63) is 52.8 Å². The summed E-state index contributed by atoms with van der Waals surface area (Å²) in [6.45, 7) is 0. The summed E-state index contributed by atoms with van der Waals surface area (Å²) in [6, 6.07) is 9.36. The van der Waals surface area contributed by atoms with E-state index in [1.807, 2.05) is 0 Å². The minimum atomic E-state index is -0.399. The average molecular weight is 265 g/mol. The third kappa shape index (κ3) is 2.36. The van der Waals surface area contributed by atoms with Gasteiger partial charge in [0.2, 0.25) is 0 Å². The van der Waals surface area contributed by atoms with Crippen LogP contribution in [0.4, 0.5) is 4.39 Å². The number of benzene rings is 2. The molecular weight excluding hydrogens is 255 g/mol. The molecule has 0 radical (unpaired) electrons. The van der Waals surface area contributed by atoms with Crippen LogP contribution in [0, 0.1) is 5.82 Å². The van der Waals surface area contributed by atoms with Crippen molar-refractivity contribution in [2.45, 2.75) is 0 Å². The van der Waals surface area contributed by atoms with Gasteiger partial charge in [0, 0.05) is 17.2 Å². The fourth-order valence-corrected chi connectivity index (χ4v) is 1.87. The zero-order chi connectivity index (χ0) is 13.1. The lowest BCUT2D eigenvalue weighted by Crippen LogP contribution is -1.89. The van der Waals surface area contributed by atoms with Crippen molar-refractivity contribution in [2.24, 2.45) is 0 Å². The lowest BCUT2D eigenvalue weighted by atomic mass is 10.0. The molecular formula is C14H10ClFO2. The third-order valence-corrected chi connectivity index (χ3v) is 2.94. The second-order valence-electron chi connectivity index (χ2n) is 3.70. The molecule has 4 heteroatoms. The summed E-state index contributed by atoms with van der Waals surface area (Å²) in [6.07, 6.45) is 0.663. The zero-order valence-corrected chi connectivity index (χ0v) is 10.4. The molecule has 0 saturated carbocycles. The second-order valence-corrected chi connectivity index (χ2v) is 4.11. The van der Waals surface area contributed by atoms with E-state index in [1.54, 1.807) is 30.3 Å². The predicted molar refractivity (Wildman–Crippen MR) is 68.8 cm³/mol. The standard InChI is InChI=1S/C14H10ClFO2/c1-18-11-4-5-12(14(16)7-11)9-2-3-10(8-17)13(15)6-9/h2-8H,1H3. The monoisotopic (exact) mass is 264 g/mol. The van der Waals surface area contributed by atoms with E-state index in [0.717, 1.165) is 0 Å². The van der Waals surface area contributed by atoms with Gasteiger partial charge in [-0.2, -0.15) is 0 Å². The van der Waals surface area contributed by atoms with Gasteiger partial charge >= 0.3 is 0 Å². The molecule has 2 aromatic carbocycles. The molecule has 0 spiro atoms. The van der Waals surface area contributed by atoms with Crippen molar-refractivity contribution in [2.75, 3.05) is 7.11 Å². The third-order valence-electron chi connectivity index (χ3n) is 2.61. The van der Waals surface area contributed by atoms with Crippen molar-refractivity contribution in [3.63, 3.8) is 0 Å². The van der Waals surface area contributed by atoms with Crippen LogP contribution in [-0.2, 0) is 0 Å². The number of hydrogen-bond acceptors (Lipinski definition) is 2. The van der Waals surface area contributed by atoms with E-state index < -0.39 is 5.82 Å². The number of hydrogen-bond donors (Lipinski definition) is 0. The van der Waals surface area contributed by atoms with E-state index in [2.05, 4.69) is 0 Å². The van der Waals surface area contributed by atoms with E-state index in [1.165, 1.54) is 13.2 Å². The molecule has 0 fully saturated rings. The Labute approximate surface area is 109 Å². The van der Waals surface area contributed by atoms with Crippen LogP contribution < -0.4 is 4.74 Å². The van der Waals surface area contributed by atoms with Crippen LogP contribution in [0.2, 0.25) is 5.02 Å². The van der Waals surface area contributed by atoms with Crippen molar-refractivity contribution in [3.8, 4) is 16.9 Å².